The van der Waals surface area contributed by atoms with Crippen molar-refractivity contribution in [2.45, 2.75) is 27.7 Å². The van der Waals surface area contributed by atoms with E-state index in [2.05, 4.69) is 15.0 Å². The maximum atomic E-state index is 13.9. The average molecular weight is 541 g/mol. The number of aromatic nitrogens is 2. The van der Waals surface area contributed by atoms with Crippen LogP contribution in [0.2, 0.25) is 0 Å². The number of benzene rings is 2. The molecule has 2 aromatic heterocycles. The predicted octanol–water partition coefficient (Wildman–Crippen LogP) is 4.59. The predicted molar refractivity (Wildman–Crippen MR) is 146 cm³/mol. The first kappa shape index (κ1) is 26.9. The summed E-state index contributed by atoms with van der Waals surface area (Å²) >= 11 is 0. The zero-order chi connectivity index (χ0) is 27.8. The first-order valence-electron chi connectivity index (χ1n) is 12.0. The van der Waals surface area contributed by atoms with Gasteiger partial charge >= 0.3 is 0 Å². The summed E-state index contributed by atoms with van der Waals surface area (Å²) in [6, 6.07) is 9.09. The van der Waals surface area contributed by atoms with Crippen LogP contribution in [-0.4, -0.2) is 36.2 Å². The minimum atomic E-state index is -3.58. The molecular weight excluding hydrogens is 511 g/mol. The minimum absolute atomic E-state index is 0.119. The van der Waals surface area contributed by atoms with Crippen LogP contribution < -0.4 is 20.3 Å². The van der Waals surface area contributed by atoms with Crippen molar-refractivity contribution in [1.29, 1.82) is 0 Å². The van der Waals surface area contributed by atoms with Crippen LogP contribution in [0.5, 0.6) is 11.5 Å². The molecule has 0 spiro atoms. The Kier molecular flexibility index (Phi) is 7.32. The number of rotatable bonds is 8. The van der Waals surface area contributed by atoms with Crippen molar-refractivity contribution in [2.24, 2.45) is 7.05 Å². The van der Waals surface area contributed by atoms with Gasteiger partial charge in [0, 0.05) is 42.0 Å². The molecule has 38 heavy (non-hydrogen) atoms. The third-order valence-corrected chi connectivity index (χ3v) is 7.41. The molecule has 200 valence electrons. The Bertz CT molecular complexity index is 1700. The fraction of sp³-hybridized carbons (Fsp3) is 0.259. The molecule has 0 bridgehead atoms. The highest BCUT2D eigenvalue weighted by atomic mass is 32.2. The number of aryl methyl sites for hydroxylation is 3. The lowest BCUT2D eigenvalue weighted by molar-refractivity contribution is 0.0951. The van der Waals surface area contributed by atoms with E-state index in [9.17, 15) is 22.4 Å². The summed E-state index contributed by atoms with van der Waals surface area (Å²) < 4.78 is 48.7. The Morgan fingerprint density at radius 2 is 1.76 bits per heavy atom. The summed E-state index contributed by atoms with van der Waals surface area (Å²) in [5.41, 5.74) is 2.53. The molecule has 4 aromatic rings. The molecule has 3 N–H and O–H groups in total. The fourth-order valence-corrected chi connectivity index (χ4v) is 4.87. The number of ether oxygens (including phenoxy) is 1. The van der Waals surface area contributed by atoms with E-state index in [0.717, 1.165) is 0 Å². The first-order chi connectivity index (χ1) is 17.9. The normalized spacial score (nSPS) is 11.5. The highest BCUT2D eigenvalue weighted by Crippen LogP contribution is 2.40. The number of carbonyl (C=O) groups excluding carboxylic acids is 1. The molecule has 1 amide bonds. The molecule has 0 saturated heterocycles. The summed E-state index contributed by atoms with van der Waals surface area (Å²) in [7, 11) is -2.00. The molecule has 0 aliphatic carbocycles. The molecular formula is C27H29FN4O5S. The number of carbonyl (C=O) groups is 1. The number of anilines is 1. The topological polar surface area (TPSA) is 122 Å². The molecule has 2 aromatic carbocycles. The van der Waals surface area contributed by atoms with Crippen molar-refractivity contribution in [3.05, 3.63) is 75.6 Å². The number of nitrogens with one attached hydrogen (secondary N) is 3. The van der Waals surface area contributed by atoms with Crippen molar-refractivity contribution in [2.75, 3.05) is 17.0 Å². The van der Waals surface area contributed by atoms with Gasteiger partial charge in [-0.1, -0.05) is 0 Å². The summed E-state index contributed by atoms with van der Waals surface area (Å²) in [5.74, 6) is -0.0699. The molecule has 9 nitrogen and oxygen atoms in total. The van der Waals surface area contributed by atoms with Crippen LogP contribution in [0.25, 0.3) is 22.0 Å². The van der Waals surface area contributed by atoms with E-state index in [1.807, 2.05) is 0 Å². The number of nitrogens with zero attached hydrogens (tertiary/aromatic N) is 1. The molecule has 0 aliphatic heterocycles. The Labute approximate surface area is 219 Å². The Morgan fingerprint density at radius 1 is 1.08 bits per heavy atom. The second-order valence-electron chi connectivity index (χ2n) is 8.98. The van der Waals surface area contributed by atoms with Gasteiger partial charge in [-0.3, -0.25) is 14.3 Å². The third kappa shape index (κ3) is 5.28. The van der Waals surface area contributed by atoms with Crippen molar-refractivity contribution < 1.29 is 22.3 Å². The van der Waals surface area contributed by atoms with Gasteiger partial charge in [0.2, 0.25) is 10.0 Å². The van der Waals surface area contributed by atoms with E-state index in [-0.39, 0.29) is 34.2 Å². The van der Waals surface area contributed by atoms with Gasteiger partial charge in [0.1, 0.15) is 28.5 Å². The minimum Gasteiger partial charge on any atom is -0.456 e. The van der Waals surface area contributed by atoms with Crippen LogP contribution in [0, 0.1) is 19.7 Å². The molecule has 0 atom stereocenters. The van der Waals surface area contributed by atoms with Gasteiger partial charge < -0.3 is 19.6 Å². The van der Waals surface area contributed by atoms with E-state index in [1.54, 1.807) is 58.3 Å². The number of fused-ring (bicyclic) bond motifs is 1. The van der Waals surface area contributed by atoms with Crippen LogP contribution in [-0.2, 0) is 17.1 Å². The van der Waals surface area contributed by atoms with Crippen molar-refractivity contribution >= 4 is 32.5 Å². The van der Waals surface area contributed by atoms with Gasteiger partial charge in [-0.25, -0.2) is 12.8 Å². The average Bonchev–Trinajstić information content (AvgIpc) is 3.30. The molecule has 2 heterocycles. The van der Waals surface area contributed by atoms with E-state index in [0.29, 0.717) is 51.4 Å². The van der Waals surface area contributed by atoms with Crippen LogP contribution in [0.4, 0.5) is 10.1 Å². The lowest BCUT2D eigenvalue weighted by atomic mass is 10.0. The highest BCUT2D eigenvalue weighted by molar-refractivity contribution is 7.92. The SMILES string of the molecule is CCNC(=O)c1cc2c(-c3cc(NS(=O)(=O)CC)ccc3Oc3c(C)cc(F)cc3C)cn(C)c(=O)c2[nH]1. The fourth-order valence-electron chi connectivity index (χ4n) is 4.24. The zero-order valence-corrected chi connectivity index (χ0v) is 22.5. The van der Waals surface area contributed by atoms with Crippen molar-refractivity contribution in [3.8, 4) is 22.6 Å². The molecule has 0 radical (unpaired) electrons. The van der Waals surface area contributed by atoms with Gasteiger partial charge in [0.15, 0.2) is 0 Å². The molecule has 0 saturated carbocycles. The van der Waals surface area contributed by atoms with Gasteiger partial charge in [-0.15, -0.1) is 0 Å². The van der Waals surface area contributed by atoms with E-state index >= 15 is 0 Å². The summed E-state index contributed by atoms with van der Waals surface area (Å²) in [6.07, 6.45) is 1.60. The quantitative estimate of drug-likeness (QED) is 0.302. The Hall–Kier alpha value is -4.12. The highest BCUT2D eigenvalue weighted by Gasteiger charge is 2.20. The van der Waals surface area contributed by atoms with Crippen LogP contribution >= 0.6 is 0 Å². The number of pyridine rings is 1. The largest absolute Gasteiger partial charge is 0.456 e. The smallest absolute Gasteiger partial charge is 0.274 e. The standard InChI is InChI=1S/C27H29FN4O5S/c1-6-29-26(33)22-13-20-21(14-32(5)27(34)24(20)30-22)19-12-18(31-38(35,36)7-2)8-9-23(19)37-25-15(3)10-17(28)11-16(25)4/h8-14,30-31H,6-7H2,1-5H3,(H,29,33). The maximum absolute atomic E-state index is 13.9. The van der Waals surface area contributed by atoms with Gasteiger partial charge in [0.25, 0.3) is 11.5 Å². The van der Waals surface area contributed by atoms with Crippen LogP contribution in [0.15, 0.2) is 47.4 Å². The van der Waals surface area contributed by atoms with Gasteiger partial charge in [-0.2, -0.15) is 0 Å². The number of halogens is 1. The molecule has 4 rings (SSSR count). The summed E-state index contributed by atoms with van der Waals surface area (Å²) in [6.45, 7) is 7.18. The number of aromatic amines is 1. The van der Waals surface area contributed by atoms with E-state index in [4.69, 9.17) is 4.74 Å². The molecule has 0 aliphatic rings. The first-order valence-corrected chi connectivity index (χ1v) is 13.7. The zero-order valence-electron chi connectivity index (χ0n) is 21.7. The molecule has 0 fully saturated rings. The molecule has 0 unspecified atom stereocenters. The van der Waals surface area contributed by atoms with Gasteiger partial charge in [0.05, 0.1) is 5.75 Å². The second kappa shape index (κ2) is 10.3. The lowest BCUT2D eigenvalue weighted by Gasteiger charge is -2.18. The van der Waals surface area contributed by atoms with Crippen LogP contribution in [0.1, 0.15) is 35.5 Å². The number of hydrogen-bond donors (Lipinski definition) is 3. The second-order valence-corrected chi connectivity index (χ2v) is 11.0. The number of H-pyrrole nitrogens is 1. The number of sulfonamides is 1. The maximum Gasteiger partial charge on any atom is 0.274 e. The number of amides is 1. The lowest BCUT2D eigenvalue weighted by Crippen LogP contribution is -2.23. The Balaban J connectivity index is 1.98. The monoisotopic (exact) mass is 540 g/mol. The third-order valence-electron chi connectivity index (χ3n) is 6.11. The number of hydrogen-bond acceptors (Lipinski definition) is 5. The van der Waals surface area contributed by atoms with E-state index in [1.165, 1.54) is 23.6 Å². The molecule has 11 heteroatoms. The Morgan fingerprint density at radius 3 is 2.39 bits per heavy atom. The van der Waals surface area contributed by atoms with Crippen LogP contribution in [0.3, 0.4) is 0 Å². The van der Waals surface area contributed by atoms with E-state index < -0.39 is 10.0 Å². The summed E-state index contributed by atoms with van der Waals surface area (Å²) in [5, 5.41) is 3.17. The van der Waals surface area contributed by atoms with Gasteiger partial charge in [-0.05, 0) is 75.2 Å². The summed E-state index contributed by atoms with van der Waals surface area (Å²) in [4.78, 5) is 28.4. The van der Waals surface area contributed by atoms with Crippen molar-refractivity contribution in [3.63, 3.8) is 0 Å². The van der Waals surface area contributed by atoms with Crippen molar-refractivity contribution in [1.82, 2.24) is 14.9 Å².